The van der Waals surface area contributed by atoms with Gasteiger partial charge in [-0.05, 0) is 42.0 Å². The van der Waals surface area contributed by atoms with Crippen LogP contribution in [0.3, 0.4) is 0 Å². The average Bonchev–Trinajstić information content (AvgIpc) is 2.70. The summed E-state index contributed by atoms with van der Waals surface area (Å²) in [5.74, 6) is -0.961. The van der Waals surface area contributed by atoms with Crippen LogP contribution in [-0.4, -0.2) is 38.7 Å². The van der Waals surface area contributed by atoms with E-state index in [1.54, 1.807) is 12.1 Å². The van der Waals surface area contributed by atoms with Gasteiger partial charge in [-0.1, -0.05) is 11.6 Å². The Morgan fingerprint density at radius 2 is 2.00 bits per heavy atom. The lowest BCUT2D eigenvalue weighted by Crippen LogP contribution is -2.15. The first kappa shape index (κ1) is 19.7. The van der Waals surface area contributed by atoms with Crippen LogP contribution in [0, 0.1) is 5.82 Å². The molecule has 0 fully saturated rings. The maximum Gasteiger partial charge on any atom is 0.331 e. The molecule has 0 saturated heterocycles. The van der Waals surface area contributed by atoms with Crippen molar-refractivity contribution in [2.75, 3.05) is 26.9 Å². The molecule has 0 N–H and O–H groups in total. The summed E-state index contributed by atoms with van der Waals surface area (Å²) in [7, 11) is 1.32. The van der Waals surface area contributed by atoms with Gasteiger partial charge in [-0.25, -0.2) is 9.18 Å². The van der Waals surface area contributed by atoms with Gasteiger partial charge in [-0.15, -0.1) is 0 Å². The van der Waals surface area contributed by atoms with Crippen molar-refractivity contribution in [2.24, 2.45) is 0 Å². The fraction of sp³-hybridized carbons (Fsp3) is 0.200. The summed E-state index contributed by atoms with van der Waals surface area (Å²) in [4.78, 5) is 23.9. The predicted octanol–water partition coefficient (Wildman–Crippen LogP) is 3.70. The van der Waals surface area contributed by atoms with Crippen LogP contribution in [0.1, 0.15) is 15.9 Å². The van der Waals surface area contributed by atoms with Crippen molar-refractivity contribution in [3.8, 4) is 17.2 Å². The number of ether oxygens (including phenoxy) is 4. The van der Waals surface area contributed by atoms with Gasteiger partial charge in [0.05, 0.1) is 12.1 Å². The molecule has 0 saturated carbocycles. The summed E-state index contributed by atoms with van der Waals surface area (Å²) < 4.78 is 34.2. The van der Waals surface area contributed by atoms with E-state index in [2.05, 4.69) is 0 Å². The van der Waals surface area contributed by atoms with Gasteiger partial charge in [0.15, 0.2) is 35.5 Å². The normalized spacial score (nSPS) is 12.7. The molecule has 0 bridgehead atoms. The predicted molar refractivity (Wildman–Crippen MR) is 99.7 cm³/mol. The fourth-order valence-electron chi connectivity index (χ4n) is 2.50. The molecule has 0 aromatic heterocycles. The van der Waals surface area contributed by atoms with Gasteiger partial charge in [0.1, 0.15) is 13.2 Å². The molecule has 0 spiro atoms. The zero-order valence-corrected chi connectivity index (χ0v) is 15.6. The van der Waals surface area contributed by atoms with Gasteiger partial charge in [0, 0.05) is 11.6 Å². The number of rotatable bonds is 6. The lowest BCUT2D eigenvalue weighted by molar-refractivity contribution is -0.136. The zero-order chi connectivity index (χ0) is 20.1. The summed E-state index contributed by atoms with van der Waals surface area (Å²) in [5, 5.41) is 0.363. The monoisotopic (exact) mass is 406 g/mol. The van der Waals surface area contributed by atoms with Crippen LogP contribution in [-0.2, 0) is 9.53 Å². The number of ketones is 1. The summed E-state index contributed by atoms with van der Waals surface area (Å²) in [6.07, 6.45) is 2.63. The van der Waals surface area contributed by atoms with Crippen molar-refractivity contribution in [3.05, 3.63) is 58.4 Å². The van der Waals surface area contributed by atoms with Crippen molar-refractivity contribution in [3.63, 3.8) is 0 Å². The number of Topliss-reactive ketones (excluding diaryl/α,β-unsaturated/α-hetero) is 1. The van der Waals surface area contributed by atoms with E-state index in [0.29, 0.717) is 35.3 Å². The minimum Gasteiger partial charge on any atom is -0.494 e. The third kappa shape index (κ3) is 4.61. The van der Waals surface area contributed by atoms with Gasteiger partial charge >= 0.3 is 5.97 Å². The molecule has 2 aromatic rings. The highest BCUT2D eigenvalue weighted by Crippen LogP contribution is 2.38. The van der Waals surface area contributed by atoms with E-state index in [1.165, 1.54) is 25.3 Å². The topological polar surface area (TPSA) is 71.1 Å². The van der Waals surface area contributed by atoms with E-state index >= 15 is 0 Å². The van der Waals surface area contributed by atoms with Crippen LogP contribution in [0.15, 0.2) is 36.4 Å². The highest BCUT2D eigenvalue weighted by molar-refractivity contribution is 6.32. The second kappa shape index (κ2) is 8.75. The van der Waals surface area contributed by atoms with Crippen LogP contribution >= 0.6 is 11.6 Å². The number of carbonyl (C=O) groups excluding carboxylic acids is 2. The number of hydrogen-bond acceptors (Lipinski definition) is 6. The molecule has 2 aromatic carbocycles. The summed E-state index contributed by atoms with van der Waals surface area (Å²) in [6.45, 7) is 0.309. The lowest BCUT2D eigenvalue weighted by Gasteiger charge is -2.19. The number of benzene rings is 2. The second-order valence-corrected chi connectivity index (χ2v) is 6.15. The van der Waals surface area contributed by atoms with E-state index in [-0.39, 0.29) is 11.3 Å². The van der Waals surface area contributed by atoms with E-state index in [1.807, 2.05) is 0 Å². The van der Waals surface area contributed by atoms with Crippen LogP contribution in [0.4, 0.5) is 4.39 Å². The lowest BCUT2D eigenvalue weighted by atomic mass is 10.1. The Morgan fingerprint density at radius 3 is 2.75 bits per heavy atom. The third-order valence-electron chi connectivity index (χ3n) is 3.85. The SMILES string of the molecule is COc1ccc(C(=O)COC(=O)/C=C/c2cc(Cl)c3c(c2)OCCO3)cc1F. The number of fused-ring (bicyclic) bond motifs is 1. The number of halogens is 2. The number of esters is 1. The minimum atomic E-state index is -0.728. The molecule has 6 nitrogen and oxygen atoms in total. The Kier molecular flexibility index (Phi) is 6.16. The van der Waals surface area contributed by atoms with Gasteiger partial charge in [-0.2, -0.15) is 0 Å². The molecule has 1 aliphatic rings. The van der Waals surface area contributed by atoms with Crippen LogP contribution < -0.4 is 14.2 Å². The van der Waals surface area contributed by atoms with Crippen molar-refractivity contribution in [1.82, 2.24) is 0 Å². The Hall–Kier alpha value is -3.06. The zero-order valence-electron chi connectivity index (χ0n) is 14.9. The Balaban J connectivity index is 1.59. The first-order chi connectivity index (χ1) is 13.5. The fourth-order valence-corrected chi connectivity index (χ4v) is 2.77. The van der Waals surface area contributed by atoms with Crippen LogP contribution in [0.5, 0.6) is 17.2 Å². The van der Waals surface area contributed by atoms with E-state index in [9.17, 15) is 14.0 Å². The van der Waals surface area contributed by atoms with Crippen molar-refractivity contribution in [2.45, 2.75) is 0 Å². The third-order valence-corrected chi connectivity index (χ3v) is 4.13. The van der Waals surface area contributed by atoms with Gasteiger partial charge in [0.25, 0.3) is 0 Å². The highest BCUT2D eigenvalue weighted by Gasteiger charge is 2.16. The first-order valence-corrected chi connectivity index (χ1v) is 8.66. The number of methoxy groups -OCH3 is 1. The highest BCUT2D eigenvalue weighted by atomic mass is 35.5. The first-order valence-electron chi connectivity index (χ1n) is 8.28. The van der Waals surface area contributed by atoms with Crippen LogP contribution in [0.2, 0.25) is 5.02 Å². The molecule has 3 rings (SSSR count). The molecule has 146 valence electrons. The van der Waals surface area contributed by atoms with Gasteiger partial charge < -0.3 is 18.9 Å². The molecule has 1 heterocycles. The minimum absolute atomic E-state index is 0.0227. The summed E-state index contributed by atoms with van der Waals surface area (Å²) >= 11 is 6.13. The van der Waals surface area contributed by atoms with Crippen molar-refractivity contribution < 1.29 is 32.9 Å². The molecule has 0 aliphatic carbocycles. The molecule has 0 unspecified atom stereocenters. The smallest absolute Gasteiger partial charge is 0.331 e. The Labute approximate surface area is 165 Å². The molecule has 0 radical (unpaired) electrons. The maximum absolute atomic E-state index is 13.6. The Morgan fingerprint density at radius 1 is 1.21 bits per heavy atom. The molecular weight excluding hydrogens is 391 g/mol. The molecule has 0 amide bonds. The van der Waals surface area contributed by atoms with Gasteiger partial charge in [0.2, 0.25) is 0 Å². The maximum atomic E-state index is 13.6. The van der Waals surface area contributed by atoms with E-state index in [0.717, 1.165) is 12.1 Å². The molecule has 1 aliphatic heterocycles. The van der Waals surface area contributed by atoms with Crippen molar-refractivity contribution >= 4 is 29.4 Å². The number of hydrogen-bond donors (Lipinski definition) is 0. The molecular formula is C20H16ClFO6. The quantitative estimate of drug-likeness (QED) is 0.414. The molecule has 8 heteroatoms. The average molecular weight is 407 g/mol. The summed E-state index contributed by atoms with van der Waals surface area (Å²) in [6, 6.07) is 7.04. The van der Waals surface area contributed by atoms with E-state index in [4.69, 9.17) is 30.5 Å². The Bertz CT molecular complexity index is 941. The standard InChI is InChI=1S/C20H16ClFO6/c1-25-17-4-3-13(10-15(17)22)16(23)11-28-19(24)5-2-12-8-14(21)20-18(9-12)26-6-7-27-20/h2-5,8-10H,6-7,11H2,1H3/b5-2+. The molecule has 28 heavy (non-hydrogen) atoms. The largest absolute Gasteiger partial charge is 0.494 e. The second-order valence-electron chi connectivity index (χ2n) is 5.74. The molecule has 0 atom stereocenters. The van der Waals surface area contributed by atoms with Crippen molar-refractivity contribution in [1.29, 1.82) is 0 Å². The van der Waals surface area contributed by atoms with Crippen LogP contribution in [0.25, 0.3) is 6.08 Å². The van der Waals surface area contributed by atoms with E-state index < -0.39 is 24.2 Å². The number of carbonyl (C=O) groups is 2. The summed E-state index contributed by atoms with van der Waals surface area (Å²) in [5.41, 5.74) is 0.684. The van der Waals surface area contributed by atoms with Gasteiger partial charge in [-0.3, -0.25) is 4.79 Å².